The van der Waals surface area contributed by atoms with Gasteiger partial charge in [0.25, 0.3) is 0 Å². The third-order valence-corrected chi connectivity index (χ3v) is 2.71. The lowest BCUT2D eigenvalue weighted by Crippen LogP contribution is -2.01. The third-order valence-electron chi connectivity index (χ3n) is 2.16. The first-order valence-electron chi connectivity index (χ1n) is 4.93. The van der Waals surface area contributed by atoms with Crippen LogP contribution in [0.3, 0.4) is 0 Å². The fraction of sp³-hybridized carbons (Fsp3) is 0.182. The van der Waals surface area contributed by atoms with Crippen molar-refractivity contribution in [2.45, 2.75) is 5.16 Å². The fourth-order valence-corrected chi connectivity index (χ4v) is 1.70. The average molecular weight is 248 g/mol. The van der Waals surface area contributed by atoms with Crippen molar-refractivity contribution in [3.8, 4) is 17.1 Å². The van der Waals surface area contributed by atoms with Crippen molar-refractivity contribution in [3.63, 3.8) is 0 Å². The van der Waals surface area contributed by atoms with E-state index in [-0.39, 0.29) is 5.95 Å². The predicted octanol–water partition coefficient (Wildman–Crippen LogP) is 1.85. The number of nitrogens with two attached hydrogens (primary N) is 1. The second kappa shape index (κ2) is 5.01. The molecule has 2 N–H and O–H groups in total. The highest BCUT2D eigenvalue weighted by molar-refractivity contribution is 7.98. The van der Waals surface area contributed by atoms with Crippen LogP contribution in [0, 0.1) is 0 Å². The number of thioether (sulfide) groups is 1. The molecule has 1 aromatic heterocycles. The minimum Gasteiger partial charge on any atom is -0.497 e. The van der Waals surface area contributed by atoms with Gasteiger partial charge in [-0.1, -0.05) is 11.8 Å². The number of aromatic nitrogens is 3. The number of benzene rings is 1. The van der Waals surface area contributed by atoms with Crippen LogP contribution in [0.15, 0.2) is 29.4 Å². The zero-order valence-electron chi connectivity index (χ0n) is 9.54. The Morgan fingerprint density at radius 1 is 1.12 bits per heavy atom. The second-order valence-corrected chi connectivity index (χ2v) is 4.01. The summed E-state index contributed by atoms with van der Waals surface area (Å²) in [5.41, 5.74) is 6.51. The molecule has 0 radical (unpaired) electrons. The lowest BCUT2D eigenvalue weighted by atomic mass is 10.2. The zero-order valence-corrected chi connectivity index (χ0v) is 10.4. The maximum Gasteiger partial charge on any atom is 0.224 e. The van der Waals surface area contributed by atoms with Gasteiger partial charge in [-0.3, -0.25) is 0 Å². The molecule has 0 spiro atoms. The van der Waals surface area contributed by atoms with Gasteiger partial charge in [0.15, 0.2) is 11.0 Å². The van der Waals surface area contributed by atoms with E-state index in [2.05, 4.69) is 15.0 Å². The summed E-state index contributed by atoms with van der Waals surface area (Å²) >= 11 is 1.43. The molecular weight excluding hydrogens is 236 g/mol. The minimum atomic E-state index is 0.232. The van der Waals surface area contributed by atoms with Crippen molar-refractivity contribution >= 4 is 17.7 Å². The first kappa shape index (κ1) is 11.7. The van der Waals surface area contributed by atoms with Gasteiger partial charge < -0.3 is 10.5 Å². The van der Waals surface area contributed by atoms with Crippen LogP contribution in [0.1, 0.15) is 0 Å². The summed E-state index contributed by atoms with van der Waals surface area (Å²) in [6, 6.07) is 7.48. The Bertz CT molecular complexity index is 515. The molecule has 2 aromatic rings. The van der Waals surface area contributed by atoms with Crippen molar-refractivity contribution in [3.05, 3.63) is 24.3 Å². The highest BCUT2D eigenvalue weighted by Gasteiger charge is 2.06. The van der Waals surface area contributed by atoms with Gasteiger partial charge in [-0.05, 0) is 30.5 Å². The molecular formula is C11H12N4OS. The quantitative estimate of drug-likeness (QED) is 0.836. The molecule has 2 rings (SSSR count). The maximum atomic E-state index is 5.63. The van der Waals surface area contributed by atoms with Gasteiger partial charge in [0.2, 0.25) is 5.95 Å². The van der Waals surface area contributed by atoms with Gasteiger partial charge in [0.05, 0.1) is 7.11 Å². The second-order valence-electron chi connectivity index (χ2n) is 3.23. The van der Waals surface area contributed by atoms with Gasteiger partial charge in [-0.15, -0.1) is 0 Å². The molecule has 5 nitrogen and oxygen atoms in total. The standard InChI is InChI=1S/C11H12N4OS/c1-16-8-5-3-7(4-6-8)9-13-10(12)15-11(14-9)17-2/h3-6H,1-2H3,(H2,12,13,14,15). The monoisotopic (exact) mass is 248 g/mol. The highest BCUT2D eigenvalue weighted by Crippen LogP contribution is 2.21. The Hall–Kier alpha value is -1.82. The Kier molecular flexibility index (Phi) is 3.43. The Morgan fingerprint density at radius 2 is 1.82 bits per heavy atom. The van der Waals surface area contributed by atoms with E-state index < -0.39 is 0 Å². The number of rotatable bonds is 3. The van der Waals surface area contributed by atoms with Crippen LogP contribution in [-0.2, 0) is 0 Å². The van der Waals surface area contributed by atoms with Crippen LogP contribution in [-0.4, -0.2) is 28.3 Å². The molecule has 0 saturated heterocycles. The first-order valence-corrected chi connectivity index (χ1v) is 6.15. The van der Waals surface area contributed by atoms with E-state index in [4.69, 9.17) is 10.5 Å². The third kappa shape index (κ3) is 2.65. The van der Waals surface area contributed by atoms with Gasteiger partial charge in [0.1, 0.15) is 5.75 Å². The van der Waals surface area contributed by atoms with E-state index in [0.29, 0.717) is 11.0 Å². The topological polar surface area (TPSA) is 73.9 Å². The van der Waals surface area contributed by atoms with Gasteiger partial charge in [-0.25, -0.2) is 4.98 Å². The summed E-state index contributed by atoms with van der Waals surface area (Å²) in [7, 11) is 1.63. The maximum absolute atomic E-state index is 5.63. The summed E-state index contributed by atoms with van der Waals surface area (Å²) in [5.74, 6) is 1.60. The number of nitrogen functional groups attached to an aromatic ring is 1. The number of hydrogen-bond donors (Lipinski definition) is 1. The van der Waals surface area contributed by atoms with Crippen LogP contribution in [0.25, 0.3) is 11.4 Å². The Balaban J connectivity index is 2.41. The summed E-state index contributed by atoms with van der Waals surface area (Å²) < 4.78 is 5.09. The largest absolute Gasteiger partial charge is 0.497 e. The fourth-order valence-electron chi connectivity index (χ4n) is 1.33. The molecule has 0 atom stereocenters. The van der Waals surface area contributed by atoms with Crippen LogP contribution < -0.4 is 10.5 Å². The molecule has 0 aliphatic rings. The van der Waals surface area contributed by atoms with E-state index in [0.717, 1.165) is 11.3 Å². The van der Waals surface area contributed by atoms with Gasteiger partial charge in [-0.2, -0.15) is 9.97 Å². The Labute approximate surface area is 103 Å². The summed E-state index contributed by atoms with van der Waals surface area (Å²) in [6.07, 6.45) is 1.90. The molecule has 0 unspecified atom stereocenters. The molecule has 0 bridgehead atoms. The number of methoxy groups -OCH3 is 1. The molecule has 1 aromatic carbocycles. The highest BCUT2D eigenvalue weighted by atomic mass is 32.2. The molecule has 17 heavy (non-hydrogen) atoms. The summed E-state index contributed by atoms with van der Waals surface area (Å²) in [6.45, 7) is 0. The van der Waals surface area contributed by atoms with Crippen molar-refractivity contribution in [2.75, 3.05) is 19.1 Å². The smallest absolute Gasteiger partial charge is 0.224 e. The van der Waals surface area contributed by atoms with E-state index in [1.54, 1.807) is 7.11 Å². The first-order chi connectivity index (χ1) is 8.22. The summed E-state index contributed by atoms with van der Waals surface area (Å²) in [5, 5.41) is 0.614. The van der Waals surface area contributed by atoms with E-state index in [1.165, 1.54) is 11.8 Å². The van der Waals surface area contributed by atoms with Crippen LogP contribution in [0.5, 0.6) is 5.75 Å². The molecule has 0 saturated carbocycles. The molecule has 0 aliphatic carbocycles. The van der Waals surface area contributed by atoms with E-state index >= 15 is 0 Å². The average Bonchev–Trinajstić information content (AvgIpc) is 2.38. The molecule has 0 aliphatic heterocycles. The minimum absolute atomic E-state index is 0.232. The van der Waals surface area contributed by atoms with Crippen molar-refractivity contribution in [2.24, 2.45) is 0 Å². The van der Waals surface area contributed by atoms with Crippen molar-refractivity contribution in [1.29, 1.82) is 0 Å². The van der Waals surface area contributed by atoms with Crippen LogP contribution in [0.2, 0.25) is 0 Å². The molecule has 6 heteroatoms. The number of hydrogen-bond acceptors (Lipinski definition) is 6. The van der Waals surface area contributed by atoms with E-state index in [1.807, 2.05) is 30.5 Å². The number of anilines is 1. The molecule has 88 valence electrons. The number of nitrogens with zero attached hydrogens (tertiary/aromatic N) is 3. The molecule has 0 fully saturated rings. The van der Waals surface area contributed by atoms with Crippen LogP contribution in [0.4, 0.5) is 5.95 Å². The van der Waals surface area contributed by atoms with Gasteiger partial charge in [0, 0.05) is 5.56 Å². The normalized spacial score (nSPS) is 10.2. The van der Waals surface area contributed by atoms with Crippen molar-refractivity contribution < 1.29 is 4.74 Å². The summed E-state index contributed by atoms with van der Waals surface area (Å²) in [4.78, 5) is 12.4. The van der Waals surface area contributed by atoms with Crippen LogP contribution >= 0.6 is 11.8 Å². The lowest BCUT2D eigenvalue weighted by molar-refractivity contribution is 0.415. The predicted molar refractivity (Wildman–Crippen MR) is 68.0 cm³/mol. The molecule has 1 heterocycles. The Morgan fingerprint density at radius 3 is 2.41 bits per heavy atom. The SMILES string of the molecule is COc1ccc(-c2nc(N)nc(SC)n2)cc1. The van der Waals surface area contributed by atoms with Crippen molar-refractivity contribution in [1.82, 2.24) is 15.0 Å². The van der Waals surface area contributed by atoms with Gasteiger partial charge >= 0.3 is 0 Å². The number of ether oxygens (including phenoxy) is 1. The lowest BCUT2D eigenvalue weighted by Gasteiger charge is -2.04. The van der Waals surface area contributed by atoms with E-state index in [9.17, 15) is 0 Å². The zero-order chi connectivity index (χ0) is 12.3. The molecule has 0 amide bonds.